The van der Waals surface area contributed by atoms with Crippen molar-refractivity contribution < 1.29 is 50.1 Å². The van der Waals surface area contributed by atoms with Crippen LogP contribution in [0.1, 0.15) is 52.9 Å². The van der Waals surface area contributed by atoms with E-state index in [-0.39, 0.29) is 38.2 Å². The summed E-state index contributed by atoms with van der Waals surface area (Å²) in [6.07, 6.45) is -4.38. The van der Waals surface area contributed by atoms with E-state index in [1.807, 2.05) is 0 Å². The summed E-state index contributed by atoms with van der Waals surface area (Å²) in [6, 6.07) is 0.181. The predicted molar refractivity (Wildman–Crippen MR) is 126 cm³/mol. The number of allylic oxidation sites excluding steroid dienone is 1. The smallest absolute Gasteiger partial charge is 0.425 e. The molecule has 0 spiro atoms. The Labute approximate surface area is 223 Å². The van der Waals surface area contributed by atoms with E-state index in [1.54, 1.807) is 12.2 Å². The highest BCUT2D eigenvalue weighted by molar-refractivity contribution is 7.10. The molecular formula is C25H24F6N2O5S. The average molecular weight is 579 g/mol. The third-order valence-corrected chi connectivity index (χ3v) is 7.48. The molecule has 2 aliphatic heterocycles. The fourth-order valence-corrected chi connectivity index (χ4v) is 5.48. The molecule has 0 bridgehead atoms. The van der Waals surface area contributed by atoms with E-state index in [9.17, 15) is 35.9 Å². The molecule has 2 aromatic rings. The molecule has 7 nitrogen and oxygen atoms in total. The SMILES string of the molecule is COC(=O)[C@]1(Oc2csc(C(F)(F)F)c2)CCCN2C(=O)c3c(C(F)(F)F)ccnc3OCCC/C=C\C[C@@H]21. The lowest BCUT2D eigenvalue weighted by molar-refractivity contribution is -0.169. The first-order valence-corrected chi connectivity index (χ1v) is 12.8. The van der Waals surface area contributed by atoms with Crippen LogP contribution in [0.15, 0.2) is 35.9 Å². The predicted octanol–water partition coefficient (Wildman–Crippen LogP) is 5.90. The van der Waals surface area contributed by atoms with E-state index in [1.165, 1.54) is 0 Å². The molecule has 212 valence electrons. The zero-order chi connectivity index (χ0) is 28.4. The Morgan fingerprint density at radius 1 is 1.18 bits per heavy atom. The molecule has 0 unspecified atom stereocenters. The van der Waals surface area contributed by atoms with E-state index < -0.39 is 57.8 Å². The van der Waals surface area contributed by atoms with Gasteiger partial charge in [0.15, 0.2) is 0 Å². The zero-order valence-corrected chi connectivity index (χ0v) is 21.4. The van der Waals surface area contributed by atoms with Gasteiger partial charge in [-0.1, -0.05) is 12.2 Å². The van der Waals surface area contributed by atoms with Gasteiger partial charge in [0.05, 0.1) is 25.3 Å². The number of thiophene rings is 1. The van der Waals surface area contributed by atoms with E-state index in [0.29, 0.717) is 30.2 Å². The number of carbonyl (C=O) groups is 2. The van der Waals surface area contributed by atoms with E-state index in [2.05, 4.69) is 4.98 Å². The Balaban J connectivity index is 1.85. The van der Waals surface area contributed by atoms with Crippen LogP contribution in [0.25, 0.3) is 0 Å². The van der Waals surface area contributed by atoms with Crippen LogP contribution in [0.5, 0.6) is 11.6 Å². The van der Waals surface area contributed by atoms with Crippen molar-refractivity contribution in [3.05, 3.63) is 51.9 Å². The second kappa shape index (κ2) is 11.1. The Hall–Kier alpha value is -3.29. The number of aromatic nitrogens is 1. The number of methoxy groups -OCH3 is 1. The van der Waals surface area contributed by atoms with Crippen molar-refractivity contribution in [3.63, 3.8) is 0 Å². The number of rotatable bonds is 3. The summed E-state index contributed by atoms with van der Waals surface area (Å²) in [4.78, 5) is 31.1. The standard InChI is InChI=1S/C25H24F6N2O5S/c1-36-22(35)23(38-15-13-18(39-14-15)25(29,30)31)9-6-11-33-17(23)7-4-2-3-5-12-37-20-19(21(33)34)16(8-10-32-20)24(26,27)28/h2,4,8,10,13-14,17H,3,5-7,9,11-12H2,1H3/b4-2-/t17-,23+/m1/s1. The summed E-state index contributed by atoms with van der Waals surface area (Å²) >= 11 is 0.361. The van der Waals surface area contributed by atoms with E-state index >= 15 is 0 Å². The largest absolute Gasteiger partial charge is 0.477 e. The minimum absolute atomic E-state index is 0.0112. The number of esters is 1. The Bertz CT molecular complexity index is 1240. The average Bonchev–Trinajstić information content (AvgIpc) is 3.35. The lowest BCUT2D eigenvalue weighted by Crippen LogP contribution is -2.65. The van der Waals surface area contributed by atoms with Crippen molar-refractivity contribution in [2.75, 3.05) is 20.3 Å². The third-order valence-electron chi connectivity index (χ3n) is 6.52. The number of alkyl halides is 6. The summed E-state index contributed by atoms with van der Waals surface area (Å²) in [5.41, 5.74) is -4.07. The molecular weight excluding hydrogens is 554 g/mol. The molecule has 1 saturated heterocycles. The minimum atomic E-state index is -4.92. The summed E-state index contributed by atoms with van der Waals surface area (Å²) in [5, 5.41) is 1.08. The Morgan fingerprint density at radius 2 is 1.95 bits per heavy atom. The second-order valence-corrected chi connectivity index (χ2v) is 9.89. The molecule has 0 saturated carbocycles. The quantitative estimate of drug-likeness (QED) is 0.257. The van der Waals surface area contributed by atoms with Crippen LogP contribution in [0.2, 0.25) is 0 Å². The number of fused-ring (bicyclic) bond motifs is 2. The fourth-order valence-electron chi connectivity index (χ4n) is 4.80. The van der Waals surface area contributed by atoms with Crippen LogP contribution >= 0.6 is 11.3 Å². The number of carbonyl (C=O) groups excluding carboxylic acids is 2. The normalized spacial score (nSPS) is 23.4. The molecule has 4 rings (SSSR count). The summed E-state index contributed by atoms with van der Waals surface area (Å²) in [6.45, 7) is -0.0419. The van der Waals surface area contributed by atoms with Gasteiger partial charge in [-0.3, -0.25) is 4.79 Å². The van der Waals surface area contributed by atoms with Crippen LogP contribution in [-0.4, -0.2) is 53.7 Å². The third kappa shape index (κ3) is 5.85. The zero-order valence-electron chi connectivity index (χ0n) is 20.6. The van der Waals surface area contributed by atoms with Gasteiger partial charge in [-0.05, 0) is 31.7 Å². The highest BCUT2D eigenvalue weighted by Gasteiger charge is 2.56. The molecule has 2 aromatic heterocycles. The van der Waals surface area contributed by atoms with Crippen molar-refractivity contribution in [2.24, 2.45) is 0 Å². The molecule has 4 heterocycles. The maximum Gasteiger partial charge on any atom is 0.425 e. The maximum atomic E-state index is 14.0. The van der Waals surface area contributed by atoms with Gasteiger partial charge in [0.1, 0.15) is 16.2 Å². The topological polar surface area (TPSA) is 78.0 Å². The Kier molecular flexibility index (Phi) is 8.14. The number of amides is 1. The van der Waals surface area contributed by atoms with Crippen molar-refractivity contribution in [1.29, 1.82) is 0 Å². The molecule has 1 fully saturated rings. The molecule has 0 radical (unpaired) electrons. The lowest BCUT2D eigenvalue weighted by atomic mass is 9.81. The first-order chi connectivity index (χ1) is 18.4. The van der Waals surface area contributed by atoms with Gasteiger partial charge in [-0.15, -0.1) is 11.3 Å². The van der Waals surface area contributed by atoms with Gasteiger partial charge >= 0.3 is 18.3 Å². The Morgan fingerprint density at radius 3 is 2.62 bits per heavy atom. The number of pyridine rings is 1. The molecule has 1 amide bonds. The van der Waals surface area contributed by atoms with Crippen molar-refractivity contribution >= 4 is 23.2 Å². The van der Waals surface area contributed by atoms with Crippen molar-refractivity contribution in [3.8, 4) is 11.6 Å². The lowest BCUT2D eigenvalue weighted by Gasteiger charge is -2.47. The molecule has 2 atom stereocenters. The summed E-state index contributed by atoms with van der Waals surface area (Å²) in [5.74, 6) is -2.84. The fraction of sp³-hybridized carbons (Fsp3) is 0.480. The first kappa shape index (κ1) is 28.7. The number of piperidine rings is 1. The van der Waals surface area contributed by atoms with Gasteiger partial charge in [-0.25, -0.2) is 9.78 Å². The van der Waals surface area contributed by atoms with E-state index in [4.69, 9.17) is 14.2 Å². The van der Waals surface area contributed by atoms with Crippen LogP contribution in [-0.2, 0) is 21.9 Å². The molecule has 0 aliphatic carbocycles. The summed E-state index contributed by atoms with van der Waals surface area (Å²) < 4.78 is 98.1. The van der Waals surface area contributed by atoms with Gasteiger partial charge < -0.3 is 19.1 Å². The highest BCUT2D eigenvalue weighted by atomic mass is 32.1. The molecule has 14 heteroatoms. The second-order valence-electron chi connectivity index (χ2n) is 8.98. The molecule has 2 aliphatic rings. The van der Waals surface area contributed by atoms with Crippen LogP contribution in [0, 0.1) is 0 Å². The van der Waals surface area contributed by atoms with Crippen molar-refractivity contribution in [2.45, 2.75) is 56.1 Å². The summed E-state index contributed by atoms with van der Waals surface area (Å²) in [7, 11) is 1.06. The number of halogens is 6. The van der Waals surface area contributed by atoms with Gasteiger partial charge in [0.25, 0.3) is 5.91 Å². The molecule has 0 aromatic carbocycles. The van der Waals surface area contributed by atoms with Crippen LogP contribution in [0.3, 0.4) is 0 Å². The maximum absolute atomic E-state index is 14.0. The number of hydrogen-bond donors (Lipinski definition) is 0. The molecule has 39 heavy (non-hydrogen) atoms. The number of ether oxygens (including phenoxy) is 3. The van der Waals surface area contributed by atoms with Crippen molar-refractivity contribution in [1.82, 2.24) is 9.88 Å². The number of hydrogen-bond acceptors (Lipinski definition) is 7. The number of nitrogens with zero attached hydrogens (tertiary/aromatic N) is 2. The van der Waals surface area contributed by atoms with Gasteiger partial charge in [0, 0.05) is 30.6 Å². The van der Waals surface area contributed by atoms with Gasteiger partial charge in [-0.2, -0.15) is 26.3 Å². The molecule has 0 N–H and O–H groups in total. The monoisotopic (exact) mass is 578 g/mol. The van der Waals surface area contributed by atoms with Crippen LogP contribution < -0.4 is 9.47 Å². The van der Waals surface area contributed by atoms with Crippen LogP contribution in [0.4, 0.5) is 26.3 Å². The van der Waals surface area contributed by atoms with Gasteiger partial charge in [0.2, 0.25) is 11.5 Å². The van der Waals surface area contributed by atoms with E-state index in [0.717, 1.165) is 29.7 Å². The highest BCUT2D eigenvalue weighted by Crippen LogP contribution is 2.43. The minimum Gasteiger partial charge on any atom is -0.477 e. The first-order valence-electron chi connectivity index (χ1n) is 12.0.